The van der Waals surface area contributed by atoms with Crippen molar-refractivity contribution in [3.8, 4) is 0 Å². The van der Waals surface area contributed by atoms with Crippen molar-refractivity contribution < 1.29 is 19.4 Å². The third kappa shape index (κ3) is 3.86. The summed E-state index contributed by atoms with van der Waals surface area (Å²) < 4.78 is 5.29. The lowest BCUT2D eigenvalue weighted by Crippen LogP contribution is -2.43. The lowest BCUT2D eigenvalue weighted by Gasteiger charge is -2.23. The van der Waals surface area contributed by atoms with Crippen molar-refractivity contribution in [1.29, 1.82) is 0 Å². The molecule has 6 nitrogen and oxygen atoms in total. The van der Waals surface area contributed by atoms with Crippen LogP contribution in [0.1, 0.15) is 13.3 Å². The Kier molecular flexibility index (Phi) is 5.73. The highest BCUT2D eigenvalue weighted by Crippen LogP contribution is 2.22. The zero-order valence-corrected chi connectivity index (χ0v) is 10.6. The molecule has 0 saturated carbocycles. The van der Waals surface area contributed by atoms with Crippen molar-refractivity contribution in [3.05, 3.63) is 0 Å². The van der Waals surface area contributed by atoms with Gasteiger partial charge in [0.25, 0.3) is 0 Å². The van der Waals surface area contributed by atoms with Crippen LogP contribution in [-0.2, 0) is 14.3 Å². The van der Waals surface area contributed by atoms with E-state index < -0.39 is 12.0 Å². The molecule has 1 aliphatic heterocycles. The molecule has 0 radical (unpaired) electrons. The molecule has 3 N–H and O–H groups in total. The summed E-state index contributed by atoms with van der Waals surface area (Å²) in [7, 11) is 0. The van der Waals surface area contributed by atoms with Gasteiger partial charge in [-0.1, -0.05) is 0 Å². The molecule has 0 aromatic carbocycles. The smallest absolute Gasteiger partial charge is 0.327 e. The molecule has 1 aliphatic rings. The monoisotopic (exact) mass is 262 g/mol. The van der Waals surface area contributed by atoms with Crippen molar-refractivity contribution >= 4 is 23.6 Å². The van der Waals surface area contributed by atoms with E-state index in [1.54, 1.807) is 0 Å². The fourth-order valence-corrected chi connectivity index (χ4v) is 2.82. The molecule has 1 amide bonds. The van der Waals surface area contributed by atoms with Crippen LogP contribution in [0.3, 0.4) is 0 Å². The first-order valence-electron chi connectivity index (χ1n) is 5.51. The van der Waals surface area contributed by atoms with E-state index in [0.717, 1.165) is 0 Å². The number of carboxylic acid groups (broad SMARTS) is 1. The summed E-state index contributed by atoms with van der Waals surface area (Å²) in [6.07, 6.45) is -0.179. The Morgan fingerprint density at radius 3 is 2.88 bits per heavy atom. The number of carboxylic acids is 1. The highest BCUT2D eigenvalue weighted by atomic mass is 32.2. The van der Waals surface area contributed by atoms with Crippen molar-refractivity contribution in [2.24, 2.45) is 5.73 Å². The Morgan fingerprint density at radius 1 is 1.65 bits per heavy atom. The van der Waals surface area contributed by atoms with Gasteiger partial charge in [-0.05, 0) is 6.92 Å². The number of rotatable bonds is 6. The van der Waals surface area contributed by atoms with Crippen LogP contribution in [0.5, 0.6) is 0 Å². The Hall–Kier alpha value is -0.790. The van der Waals surface area contributed by atoms with Crippen LogP contribution in [0.2, 0.25) is 0 Å². The van der Waals surface area contributed by atoms with Crippen molar-refractivity contribution in [2.75, 3.05) is 24.8 Å². The van der Waals surface area contributed by atoms with Crippen molar-refractivity contribution in [2.45, 2.75) is 25.5 Å². The number of carbonyl (C=O) groups excluding carboxylic acids is 1. The largest absolute Gasteiger partial charge is 0.480 e. The van der Waals surface area contributed by atoms with Gasteiger partial charge < -0.3 is 20.5 Å². The van der Waals surface area contributed by atoms with Crippen LogP contribution >= 0.6 is 11.8 Å². The summed E-state index contributed by atoms with van der Waals surface area (Å²) in [5, 5.41) is 8.96. The summed E-state index contributed by atoms with van der Waals surface area (Å²) in [5.41, 5.74) is 5.48. The average molecular weight is 262 g/mol. The van der Waals surface area contributed by atoms with Gasteiger partial charge in [0.05, 0.1) is 18.4 Å². The molecule has 2 unspecified atom stereocenters. The van der Waals surface area contributed by atoms with Gasteiger partial charge in [0.1, 0.15) is 6.04 Å². The summed E-state index contributed by atoms with van der Waals surface area (Å²) in [6, 6.07) is -0.715. The molecule has 1 heterocycles. The number of amides is 1. The fraction of sp³-hybridized carbons (Fsp3) is 0.800. The Bertz CT molecular complexity index is 287. The first-order valence-corrected chi connectivity index (χ1v) is 6.67. The maximum absolute atomic E-state index is 11.9. The zero-order chi connectivity index (χ0) is 12.8. The number of thioether (sulfide) groups is 1. The van der Waals surface area contributed by atoms with Gasteiger partial charge in [0, 0.05) is 18.9 Å². The SMILES string of the molecule is CCOC(CN)CC(=O)N1CSCC1C(=O)O. The first-order chi connectivity index (χ1) is 8.10. The second-order valence-corrected chi connectivity index (χ2v) is 4.73. The van der Waals surface area contributed by atoms with Crippen LogP contribution < -0.4 is 5.73 Å². The summed E-state index contributed by atoms with van der Waals surface area (Å²) in [6.45, 7) is 2.59. The molecular formula is C10H18N2O4S. The van der Waals surface area contributed by atoms with Gasteiger partial charge in [-0.2, -0.15) is 0 Å². The zero-order valence-electron chi connectivity index (χ0n) is 9.80. The minimum absolute atomic E-state index is 0.147. The van der Waals surface area contributed by atoms with Crippen molar-refractivity contribution in [1.82, 2.24) is 4.90 Å². The van der Waals surface area contributed by atoms with E-state index in [0.29, 0.717) is 18.2 Å². The summed E-state index contributed by atoms with van der Waals surface area (Å²) in [5.74, 6) is -0.280. The average Bonchev–Trinajstić information content (AvgIpc) is 2.77. The summed E-state index contributed by atoms with van der Waals surface area (Å²) >= 11 is 1.45. The maximum atomic E-state index is 11.9. The quantitative estimate of drug-likeness (QED) is 0.684. The van der Waals surface area contributed by atoms with E-state index in [1.807, 2.05) is 6.92 Å². The number of aliphatic carboxylic acids is 1. The molecule has 2 atom stereocenters. The summed E-state index contributed by atoms with van der Waals surface area (Å²) in [4.78, 5) is 24.2. The molecule has 0 bridgehead atoms. The number of ether oxygens (including phenoxy) is 1. The molecule has 0 spiro atoms. The van der Waals surface area contributed by atoms with E-state index >= 15 is 0 Å². The van der Waals surface area contributed by atoms with Gasteiger partial charge in [-0.15, -0.1) is 11.8 Å². The van der Waals surface area contributed by atoms with Gasteiger partial charge in [0.2, 0.25) is 5.91 Å². The lowest BCUT2D eigenvalue weighted by molar-refractivity contribution is -0.148. The minimum atomic E-state index is -0.955. The third-order valence-electron chi connectivity index (χ3n) is 2.56. The minimum Gasteiger partial charge on any atom is -0.480 e. The fourth-order valence-electron chi connectivity index (χ4n) is 1.65. The van der Waals surface area contributed by atoms with Crippen LogP contribution in [0.25, 0.3) is 0 Å². The Balaban J connectivity index is 2.54. The van der Waals surface area contributed by atoms with Gasteiger partial charge in [-0.25, -0.2) is 4.79 Å². The molecule has 1 rings (SSSR count). The van der Waals surface area contributed by atoms with E-state index in [4.69, 9.17) is 15.6 Å². The standard InChI is InChI=1S/C10H18N2O4S/c1-2-16-7(4-11)3-9(13)12-6-17-5-8(12)10(14)15/h7-8H,2-6,11H2,1H3,(H,14,15). The molecular weight excluding hydrogens is 244 g/mol. The Labute approximate surface area is 104 Å². The number of nitrogens with zero attached hydrogens (tertiary/aromatic N) is 1. The molecule has 0 aliphatic carbocycles. The highest BCUT2D eigenvalue weighted by molar-refractivity contribution is 7.99. The molecule has 17 heavy (non-hydrogen) atoms. The van der Waals surface area contributed by atoms with Gasteiger partial charge >= 0.3 is 5.97 Å². The molecule has 7 heteroatoms. The number of nitrogens with two attached hydrogens (primary N) is 1. The normalized spacial score (nSPS) is 21.5. The number of carbonyl (C=O) groups is 2. The van der Waals surface area contributed by atoms with E-state index in [9.17, 15) is 9.59 Å². The molecule has 0 aromatic heterocycles. The van der Waals surface area contributed by atoms with Crippen LogP contribution in [-0.4, -0.2) is 58.8 Å². The molecule has 1 fully saturated rings. The van der Waals surface area contributed by atoms with E-state index in [2.05, 4.69) is 0 Å². The topological polar surface area (TPSA) is 92.9 Å². The third-order valence-corrected chi connectivity index (χ3v) is 3.57. The van der Waals surface area contributed by atoms with E-state index in [1.165, 1.54) is 16.7 Å². The van der Waals surface area contributed by atoms with Gasteiger partial charge in [0.15, 0.2) is 0 Å². The van der Waals surface area contributed by atoms with Gasteiger partial charge in [-0.3, -0.25) is 4.79 Å². The predicted molar refractivity (Wildman–Crippen MR) is 64.7 cm³/mol. The first kappa shape index (κ1) is 14.3. The van der Waals surface area contributed by atoms with Crippen LogP contribution in [0.4, 0.5) is 0 Å². The van der Waals surface area contributed by atoms with E-state index in [-0.39, 0.29) is 25.0 Å². The molecule has 98 valence electrons. The Morgan fingerprint density at radius 2 is 2.35 bits per heavy atom. The maximum Gasteiger partial charge on any atom is 0.327 e. The molecule has 0 aromatic rings. The second kappa shape index (κ2) is 6.83. The highest BCUT2D eigenvalue weighted by Gasteiger charge is 2.35. The second-order valence-electron chi connectivity index (χ2n) is 3.73. The van der Waals surface area contributed by atoms with Crippen LogP contribution in [0.15, 0.2) is 0 Å². The lowest BCUT2D eigenvalue weighted by atomic mass is 10.2. The molecule has 1 saturated heterocycles. The number of hydrogen-bond acceptors (Lipinski definition) is 5. The van der Waals surface area contributed by atoms with Crippen LogP contribution in [0, 0.1) is 0 Å². The number of hydrogen-bond donors (Lipinski definition) is 2. The predicted octanol–water partition coefficient (Wildman–Crippen LogP) is -0.274. The van der Waals surface area contributed by atoms with Crippen molar-refractivity contribution in [3.63, 3.8) is 0 Å².